The fraction of sp³-hybridized carbons (Fsp3) is 0.458. The Balaban J connectivity index is 1.30. The van der Waals surface area contributed by atoms with Crippen LogP contribution in [-0.2, 0) is 17.9 Å². The van der Waals surface area contributed by atoms with E-state index < -0.39 is 47.5 Å². The van der Waals surface area contributed by atoms with Gasteiger partial charge in [-0.2, -0.15) is 18.2 Å². The number of ether oxygens (including phenoxy) is 3. The normalized spacial score (nSPS) is 23.2. The molecule has 198 valence electrons. The molecule has 0 aliphatic carbocycles. The van der Waals surface area contributed by atoms with Gasteiger partial charge in [0.2, 0.25) is 5.88 Å². The lowest BCUT2D eigenvalue weighted by Crippen LogP contribution is -2.59. The zero-order chi connectivity index (χ0) is 26.4. The number of nitrogens with zero attached hydrogens (tertiary/aromatic N) is 4. The van der Waals surface area contributed by atoms with Crippen LogP contribution < -0.4 is 20.1 Å². The highest BCUT2D eigenvalue weighted by Gasteiger charge is 2.40. The Kier molecular flexibility index (Phi) is 6.42. The predicted molar refractivity (Wildman–Crippen MR) is 122 cm³/mol. The third-order valence-electron chi connectivity index (χ3n) is 6.61. The largest absolute Gasteiger partial charge is 0.480 e. The molecule has 4 heterocycles. The summed E-state index contributed by atoms with van der Waals surface area (Å²) in [5.74, 6) is -2.38. The van der Waals surface area contributed by atoms with Crippen LogP contribution in [0.1, 0.15) is 25.3 Å². The Labute approximate surface area is 208 Å². The molecular weight excluding hydrogens is 503 g/mol. The molecule has 1 fully saturated rings. The van der Waals surface area contributed by atoms with Gasteiger partial charge in [-0.1, -0.05) is 0 Å². The number of hydrogen-bond donors (Lipinski definition) is 0. The molecule has 0 amide bonds. The predicted octanol–water partition coefficient (Wildman–Crippen LogP) is 3.77. The highest BCUT2D eigenvalue weighted by Crippen LogP contribution is 2.35. The summed E-state index contributed by atoms with van der Waals surface area (Å²) in [6.45, 7) is 3.84. The summed E-state index contributed by atoms with van der Waals surface area (Å²) in [6, 6.07) is 3.52. The maximum Gasteiger partial charge on any atom is 0.429 e. The van der Waals surface area contributed by atoms with Crippen molar-refractivity contribution in [2.75, 3.05) is 24.7 Å². The Morgan fingerprint density at radius 1 is 1.19 bits per heavy atom. The van der Waals surface area contributed by atoms with Gasteiger partial charge >= 0.3 is 11.9 Å². The molecule has 0 radical (unpaired) electrons. The van der Waals surface area contributed by atoms with Gasteiger partial charge in [-0.15, -0.1) is 0 Å². The molecular formula is C24H23F5N4O4. The molecule has 0 saturated carbocycles. The first-order chi connectivity index (χ1) is 17.5. The quantitative estimate of drug-likeness (QED) is 0.553. The number of rotatable bonds is 5. The van der Waals surface area contributed by atoms with Crippen molar-refractivity contribution in [1.82, 2.24) is 9.55 Å². The third-order valence-corrected chi connectivity index (χ3v) is 6.61. The van der Waals surface area contributed by atoms with Crippen molar-refractivity contribution < 1.29 is 36.2 Å². The molecule has 0 N–H and O–H groups in total. The van der Waals surface area contributed by atoms with Gasteiger partial charge in [0.05, 0.1) is 18.8 Å². The van der Waals surface area contributed by atoms with Crippen LogP contribution in [0.15, 0.2) is 40.3 Å². The summed E-state index contributed by atoms with van der Waals surface area (Å²) in [4.78, 5) is 21.9. The minimum atomic E-state index is -4.67. The number of halogens is 5. The minimum Gasteiger partial charge on any atom is -0.480 e. The maximum absolute atomic E-state index is 14.7. The van der Waals surface area contributed by atoms with E-state index in [4.69, 9.17) is 14.2 Å². The number of alkyl halides is 3. The first-order valence-electron chi connectivity index (χ1n) is 11.6. The van der Waals surface area contributed by atoms with Gasteiger partial charge in [0.25, 0.3) is 0 Å². The van der Waals surface area contributed by atoms with Crippen LogP contribution in [0.5, 0.6) is 11.6 Å². The number of anilines is 1. The summed E-state index contributed by atoms with van der Waals surface area (Å²) < 4.78 is 85.9. The second-order valence-corrected chi connectivity index (χ2v) is 9.29. The monoisotopic (exact) mass is 526 g/mol. The highest BCUT2D eigenvalue weighted by atomic mass is 19.4. The Hall–Kier alpha value is -3.48. The van der Waals surface area contributed by atoms with E-state index in [9.17, 15) is 26.7 Å². The summed E-state index contributed by atoms with van der Waals surface area (Å²) in [5, 5.41) is 0. The summed E-state index contributed by atoms with van der Waals surface area (Å²) in [7, 11) is 0. The van der Waals surface area contributed by atoms with Gasteiger partial charge in [-0.25, -0.2) is 13.6 Å². The van der Waals surface area contributed by atoms with Crippen LogP contribution in [-0.4, -0.2) is 52.8 Å². The molecule has 3 aliphatic rings. The van der Waals surface area contributed by atoms with Gasteiger partial charge < -0.3 is 19.1 Å². The summed E-state index contributed by atoms with van der Waals surface area (Å²) in [6.07, 6.45) is -3.79. The summed E-state index contributed by atoms with van der Waals surface area (Å²) in [5.41, 5.74) is -1.79. The zero-order valence-corrected chi connectivity index (χ0v) is 19.7. The van der Waals surface area contributed by atoms with E-state index in [-0.39, 0.29) is 23.6 Å². The van der Waals surface area contributed by atoms with Crippen molar-refractivity contribution >= 4 is 11.5 Å². The molecule has 3 aliphatic heterocycles. The molecule has 2 unspecified atom stereocenters. The van der Waals surface area contributed by atoms with Crippen LogP contribution in [0, 0.1) is 11.6 Å². The van der Waals surface area contributed by atoms with E-state index in [1.54, 1.807) is 10.6 Å². The second kappa shape index (κ2) is 9.43. The number of benzene rings is 1. The SMILES string of the molecule is CC12CCn3c(cc(OCc4cc(F)c(OC5C=CN=C(C(F)(F)F)C5)c(F)c4)nc3=O)N1CCOC2. The smallest absolute Gasteiger partial charge is 0.429 e. The maximum atomic E-state index is 14.7. The third kappa shape index (κ3) is 5.04. The van der Waals surface area contributed by atoms with Gasteiger partial charge in [0.1, 0.15) is 24.2 Å². The summed E-state index contributed by atoms with van der Waals surface area (Å²) >= 11 is 0. The molecule has 8 nitrogen and oxygen atoms in total. The molecule has 37 heavy (non-hydrogen) atoms. The second-order valence-electron chi connectivity index (χ2n) is 9.29. The van der Waals surface area contributed by atoms with E-state index in [0.29, 0.717) is 32.1 Å². The lowest BCUT2D eigenvalue weighted by molar-refractivity contribution is -0.0617. The molecule has 1 aromatic carbocycles. The van der Waals surface area contributed by atoms with E-state index >= 15 is 0 Å². The molecule has 2 aromatic rings. The van der Waals surface area contributed by atoms with Crippen LogP contribution in [0.4, 0.5) is 27.8 Å². The highest BCUT2D eigenvalue weighted by molar-refractivity contribution is 5.91. The van der Waals surface area contributed by atoms with Crippen LogP contribution in [0.2, 0.25) is 0 Å². The minimum absolute atomic E-state index is 0.000514. The van der Waals surface area contributed by atoms with E-state index in [0.717, 1.165) is 24.8 Å². The Morgan fingerprint density at radius 2 is 1.95 bits per heavy atom. The number of hydrogen-bond acceptors (Lipinski definition) is 7. The molecule has 2 atom stereocenters. The van der Waals surface area contributed by atoms with Crippen molar-refractivity contribution in [3.8, 4) is 11.6 Å². The lowest BCUT2D eigenvalue weighted by atomic mass is 9.93. The first kappa shape index (κ1) is 25.2. The number of aliphatic imine (C=N–C) groups is 1. The van der Waals surface area contributed by atoms with Gasteiger partial charge in [-0.05, 0) is 37.1 Å². The van der Waals surface area contributed by atoms with Gasteiger partial charge in [0.15, 0.2) is 17.4 Å². The van der Waals surface area contributed by atoms with Crippen molar-refractivity contribution in [3.63, 3.8) is 0 Å². The van der Waals surface area contributed by atoms with Crippen LogP contribution in [0.3, 0.4) is 0 Å². The van der Waals surface area contributed by atoms with Gasteiger partial charge in [-0.3, -0.25) is 9.56 Å². The van der Waals surface area contributed by atoms with Crippen LogP contribution >= 0.6 is 0 Å². The lowest BCUT2D eigenvalue weighted by Gasteiger charge is -2.49. The standard InChI is InChI=1S/C24H23F5N4O4/c1-23-3-5-32-20(33(23)6-7-35-13-23)11-19(31-22(32)34)36-12-14-8-16(25)21(17(26)9-14)37-15-2-4-30-18(10-15)24(27,28)29/h2,4,8-9,11,15H,3,5-7,10,12-13H2,1H3. The Morgan fingerprint density at radius 3 is 2.68 bits per heavy atom. The zero-order valence-electron chi connectivity index (χ0n) is 19.7. The van der Waals surface area contributed by atoms with E-state index in [2.05, 4.69) is 21.8 Å². The number of morpholine rings is 1. The van der Waals surface area contributed by atoms with Crippen molar-refractivity contribution in [2.24, 2.45) is 4.99 Å². The van der Waals surface area contributed by atoms with Crippen molar-refractivity contribution in [3.05, 3.63) is 58.2 Å². The van der Waals surface area contributed by atoms with E-state index in [1.165, 1.54) is 6.08 Å². The van der Waals surface area contributed by atoms with Gasteiger partial charge in [0, 0.05) is 31.8 Å². The van der Waals surface area contributed by atoms with Crippen molar-refractivity contribution in [2.45, 2.75) is 50.7 Å². The molecule has 0 spiro atoms. The first-order valence-corrected chi connectivity index (χ1v) is 11.6. The average molecular weight is 526 g/mol. The number of aromatic nitrogens is 2. The van der Waals surface area contributed by atoms with Crippen LogP contribution in [0.25, 0.3) is 0 Å². The molecule has 1 saturated heterocycles. The molecule has 1 aromatic heterocycles. The molecule has 0 bridgehead atoms. The topological polar surface area (TPSA) is 78.2 Å². The average Bonchev–Trinajstić information content (AvgIpc) is 2.84. The fourth-order valence-electron chi connectivity index (χ4n) is 4.65. The van der Waals surface area contributed by atoms with E-state index in [1.807, 2.05) is 0 Å². The Bertz CT molecular complexity index is 1300. The van der Waals surface area contributed by atoms with Crippen molar-refractivity contribution in [1.29, 1.82) is 0 Å². The molecule has 5 rings (SSSR count). The number of fused-ring (bicyclic) bond motifs is 3. The molecule has 13 heteroatoms. The fourth-order valence-corrected chi connectivity index (χ4v) is 4.65.